The molecule has 5 heteroatoms. The van der Waals surface area contributed by atoms with Gasteiger partial charge in [0.15, 0.2) is 0 Å². The third-order valence-electron chi connectivity index (χ3n) is 3.28. The van der Waals surface area contributed by atoms with Crippen LogP contribution in [0.15, 0.2) is 48.8 Å². The molecule has 0 spiro atoms. The minimum atomic E-state index is 0.639. The van der Waals surface area contributed by atoms with Gasteiger partial charge in [0.2, 0.25) is 0 Å². The molecule has 0 radical (unpaired) electrons. The van der Waals surface area contributed by atoms with Gasteiger partial charge in [-0.1, -0.05) is 11.6 Å². The number of nitrogens with zero attached hydrogens (tertiary/aromatic N) is 1. The summed E-state index contributed by atoms with van der Waals surface area (Å²) in [6.45, 7) is 0. The van der Waals surface area contributed by atoms with Crippen LogP contribution in [0, 0.1) is 0 Å². The van der Waals surface area contributed by atoms with Gasteiger partial charge in [-0.25, -0.2) is 0 Å². The molecule has 4 nitrogen and oxygen atoms in total. The summed E-state index contributed by atoms with van der Waals surface area (Å²) < 4.78 is 5.35. The zero-order valence-electron chi connectivity index (χ0n) is 11.4. The van der Waals surface area contributed by atoms with Crippen molar-refractivity contribution in [3.05, 3.63) is 53.8 Å². The highest BCUT2D eigenvalue weighted by Gasteiger charge is 2.08. The first-order valence-electron chi connectivity index (χ1n) is 6.42. The maximum absolute atomic E-state index is 6.06. The maximum atomic E-state index is 6.06. The molecule has 1 heterocycles. The number of halogens is 1. The molecule has 21 heavy (non-hydrogen) atoms. The number of nitrogen functional groups attached to an aromatic ring is 1. The van der Waals surface area contributed by atoms with Crippen molar-refractivity contribution in [2.24, 2.45) is 0 Å². The lowest BCUT2D eigenvalue weighted by atomic mass is 10.1. The van der Waals surface area contributed by atoms with E-state index in [2.05, 4.69) is 10.3 Å². The molecule has 0 saturated heterocycles. The molecule has 1 aromatic heterocycles. The first-order valence-corrected chi connectivity index (χ1v) is 6.79. The first kappa shape index (κ1) is 13.5. The molecule has 0 saturated carbocycles. The number of nitrogens with two attached hydrogens (primary N) is 1. The van der Waals surface area contributed by atoms with Crippen LogP contribution in [0.4, 0.5) is 17.1 Å². The van der Waals surface area contributed by atoms with Gasteiger partial charge in [-0.05, 0) is 36.4 Å². The van der Waals surface area contributed by atoms with Crippen LogP contribution in [0.5, 0.6) is 5.75 Å². The number of hydrogen-bond acceptors (Lipinski definition) is 4. The lowest BCUT2D eigenvalue weighted by Gasteiger charge is -2.14. The van der Waals surface area contributed by atoms with Gasteiger partial charge in [-0.15, -0.1) is 0 Å². The van der Waals surface area contributed by atoms with E-state index in [1.54, 1.807) is 25.6 Å². The Morgan fingerprint density at radius 1 is 1.10 bits per heavy atom. The Labute approximate surface area is 127 Å². The highest BCUT2D eigenvalue weighted by atomic mass is 35.5. The van der Waals surface area contributed by atoms with Gasteiger partial charge in [0.05, 0.1) is 12.8 Å². The molecule has 2 aromatic carbocycles. The summed E-state index contributed by atoms with van der Waals surface area (Å²) in [4.78, 5) is 4.12. The molecule has 0 amide bonds. The van der Waals surface area contributed by atoms with E-state index in [-0.39, 0.29) is 0 Å². The predicted molar refractivity (Wildman–Crippen MR) is 87.4 cm³/mol. The van der Waals surface area contributed by atoms with Gasteiger partial charge < -0.3 is 15.8 Å². The Hall–Kier alpha value is -2.46. The number of aromatic nitrogens is 1. The maximum Gasteiger partial charge on any atom is 0.142 e. The summed E-state index contributed by atoms with van der Waals surface area (Å²) in [5.41, 5.74) is 8.40. The van der Waals surface area contributed by atoms with Crippen molar-refractivity contribution in [1.29, 1.82) is 0 Å². The normalized spacial score (nSPS) is 10.6. The number of ether oxygens (including phenoxy) is 1. The molecule has 0 aliphatic rings. The van der Waals surface area contributed by atoms with E-state index in [0.717, 1.165) is 27.9 Å². The Morgan fingerprint density at radius 2 is 1.95 bits per heavy atom. The van der Waals surface area contributed by atoms with E-state index in [0.29, 0.717) is 10.7 Å². The van der Waals surface area contributed by atoms with Crippen LogP contribution in [0.2, 0.25) is 5.02 Å². The number of hydrogen-bond donors (Lipinski definition) is 2. The Balaban J connectivity index is 2.11. The Morgan fingerprint density at radius 3 is 2.76 bits per heavy atom. The average Bonchev–Trinajstić information content (AvgIpc) is 2.51. The van der Waals surface area contributed by atoms with Crippen molar-refractivity contribution >= 4 is 39.4 Å². The van der Waals surface area contributed by atoms with Crippen LogP contribution in [0.25, 0.3) is 10.8 Å². The van der Waals surface area contributed by atoms with Crippen molar-refractivity contribution in [1.82, 2.24) is 4.98 Å². The Kier molecular flexibility index (Phi) is 3.54. The average molecular weight is 300 g/mol. The van der Waals surface area contributed by atoms with Crippen LogP contribution in [0.3, 0.4) is 0 Å². The van der Waals surface area contributed by atoms with Gasteiger partial charge in [0, 0.05) is 39.6 Å². The van der Waals surface area contributed by atoms with Crippen LogP contribution >= 0.6 is 11.6 Å². The van der Waals surface area contributed by atoms with E-state index >= 15 is 0 Å². The highest BCUT2D eigenvalue weighted by Crippen LogP contribution is 2.34. The molecule has 0 aliphatic heterocycles. The van der Waals surface area contributed by atoms with Crippen molar-refractivity contribution in [2.45, 2.75) is 0 Å². The van der Waals surface area contributed by atoms with Crippen molar-refractivity contribution in [3.63, 3.8) is 0 Å². The van der Waals surface area contributed by atoms with Crippen molar-refractivity contribution in [2.75, 3.05) is 18.2 Å². The number of pyridine rings is 1. The van der Waals surface area contributed by atoms with E-state index in [9.17, 15) is 0 Å². The van der Waals surface area contributed by atoms with E-state index in [1.807, 2.05) is 30.3 Å². The van der Waals surface area contributed by atoms with Gasteiger partial charge in [-0.3, -0.25) is 4.98 Å². The second kappa shape index (κ2) is 5.50. The second-order valence-corrected chi connectivity index (χ2v) is 5.03. The summed E-state index contributed by atoms with van der Waals surface area (Å²) in [7, 11) is 1.62. The molecule has 3 rings (SSSR count). The van der Waals surface area contributed by atoms with Crippen LogP contribution in [0.1, 0.15) is 0 Å². The van der Waals surface area contributed by atoms with Crippen LogP contribution < -0.4 is 15.8 Å². The SMILES string of the molecule is COc1ccc(Cl)cc1Nc1ccc(N)c2cnccc12. The van der Waals surface area contributed by atoms with Crippen LogP contribution in [-0.4, -0.2) is 12.1 Å². The highest BCUT2D eigenvalue weighted by molar-refractivity contribution is 6.31. The summed E-state index contributed by atoms with van der Waals surface area (Å²) in [5.74, 6) is 0.721. The quantitative estimate of drug-likeness (QED) is 0.711. The number of anilines is 3. The molecule has 0 atom stereocenters. The lowest BCUT2D eigenvalue weighted by molar-refractivity contribution is 0.417. The van der Waals surface area contributed by atoms with Gasteiger partial charge in [0.25, 0.3) is 0 Å². The molecule has 0 fully saturated rings. The van der Waals surface area contributed by atoms with E-state index < -0.39 is 0 Å². The van der Waals surface area contributed by atoms with Gasteiger partial charge in [0.1, 0.15) is 5.75 Å². The van der Waals surface area contributed by atoms with Gasteiger partial charge in [-0.2, -0.15) is 0 Å². The van der Waals surface area contributed by atoms with Gasteiger partial charge >= 0.3 is 0 Å². The third-order valence-corrected chi connectivity index (χ3v) is 3.52. The third kappa shape index (κ3) is 2.58. The molecule has 106 valence electrons. The number of methoxy groups -OCH3 is 1. The first-order chi connectivity index (χ1) is 10.2. The zero-order valence-corrected chi connectivity index (χ0v) is 12.2. The number of benzene rings is 2. The zero-order chi connectivity index (χ0) is 14.8. The number of nitrogens with one attached hydrogen (secondary N) is 1. The van der Waals surface area contributed by atoms with Crippen LogP contribution in [-0.2, 0) is 0 Å². The summed E-state index contributed by atoms with van der Waals surface area (Å²) in [6, 6.07) is 11.1. The van der Waals surface area contributed by atoms with Crippen molar-refractivity contribution < 1.29 is 4.74 Å². The number of fused-ring (bicyclic) bond motifs is 1. The summed E-state index contributed by atoms with van der Waals surface area (Å²) in [6.07, 6.45) is 3.49. The molecule has 3 aromatic rings. The monoisotopic (exact) mass is 299 g/mol. The standard InChI is InChI=1S/C16H14ClN3O/c1-21-16-5-2-10(17)8-15(16)20-14-4-3-13(18)12-9-19-7-6-11(12)14/h2-9,20H,18H2,1H3. The van der Waals surface area contributed by atoms with E-state index in [4.69, 9.17) is 22.1 Å². The topological polar surface area (TPSA) is 60.2 Å². The fraction of sp³-hybridized carbons (Fsp3) is 0.0625. The van der Waals surface area contributed by atoms with E-state index in [1.165, 1.54) is 0 Å². The largest absolute Gasteiger partial charge is 0.495 e. The molecular formula is C16H14ClN3O. The predicted octanol–water partition coefficient (Wildman–Crippen LogP) is 4.22. The molecule has 0 bridgehead atoms. The lowest BCUT2D eigenvalue weighted by Crippen LogP contribution is -1.97. The number of rotatable bonds is 3. The second-order valence-electron chi connectivity index (χ2n) is 4.59. The molecule has 0 aliphatic carbocycles. The smallest absolute Gasteiger partial charge is 0.142 e. The molecular weight excluding hydrogens is 286 g/mol. The minimum Gasteiger partial charge on any atom is -0.495 e. The summed E-state index contributed by atoms with van der Waals surface area (Å²) in [5, 5.41) is 5.88. The minimum absolute atomic E-state index is 0.639. The Bertz CT molecular complexity index is 805. The molecule has 0 unspecified atom stereocenters. The fourth-order valence-electron chi connectivity index (χ4n) is 2.24. The summed E-state index contributed by atoms with van der Waals surface area (Å²) >= 11 is 6.06. The fourth-order valence-corrected chi connectivity index (χ4v) is 2.42. The molecule has 3 N–H and O–H groups in total. The van der Waals surface area contributed by atoms with Crippen molar-refractivity contribution in [3.8, 4) is 5.75 Å².